The van der Waals surface area contributed by atoms with Gasteiger partial charge in [0.05, 0.1) is 0 Å². The summed E-state index contributed by atoms with van der Waals surface area (Å²) in [6.07, 6.45) is 4.07. The van der Waals surface area contributed by atoms with Crippen molar-refractivity contribution < 1.29 is 0 Å². The molecule has 1 spiro atoms. The molecule has 0 saturated carbocycles. The van der Waals surface area contributed by atoms with Crippen molar-refractivity contribution in [1.29, 1.82) is 0 Å². The van der Waals surface area contributed by atoms with E-state index in [0.717, 1.165) is 13.1 Å². The molecule has 2 aliphatic heterocycles. The molecule has 0 bridgehead atoms. The van der Waals surface area contributed by atoms with E-state index in [0.29, 0.717) is 5.41 Å². The van der Waals surface area contributed by atoms with Gasteiger partial charge in [0.2, 0.25) is 0 Å². The van der Waals surface area contributed by atoms with E-state index >= 15 is 0 Å². The summed E-state index contributed by atoms with van der Waals surface area (Å²) in [6.45, 7) is 11.4. The molecular weight excluding hydrogens is 270 g/mol. The molecule has 0 aliphatic carbocycles. The van der Waals surface area contributed by atoms with Gasteiger partial charge in [-0.05, 0) is 57.2 Å². The fourth-order valence-electron chi connectivity index (χ4n) is 4.36. The minimum absolute atomic E-state index is 0.0794. The van der Waals surface area contributed by atoms with Crippen LogP contribution in [-0.2, 0) is 6.54 Å². The lowest BCUT2D eigenvalue weighted by Gasteiger charge is -2.41. The molecule has 3 nitrogen and oxygen atoms in total. The average molecular weight is 301 g/mol. The first kappa shape index (κ1) is 16.0. The molecule has 0 aromatic heterocycles. The first-order valence-corrected chi connectivity index (χ1v) is 8.72. The summed E-state index contributed by atoms with van der Waals surface area (Å²) in [7, 11) is 0. The molecule has 0 amide bonds. The van der Waals surface area contributed by atoms with E-state index in [9.17, 15) is 0 Å². The first-order valence-electron chi connectivity index (χ1n) is 8.72. The number of nitrogens with two attached hydrogens (primary N) is 1. The maximum Gasteiger partial charge on any atom is 0.0233 e. The first-order chi connectivity index (χ1) is 10.4. The summed E-state index contributed by atoms with van der Waals surface area (Å²) in [5.41, 5.74) is 8.09. The van der Waals surface area contributed by atoms with Crippen LogP contribution in [0.25, 0.3) is 0 Å². The van der Waals surface area contributed by atoms with Gasteiger partial charge in [-0.2, -0.15) is 0 Å². The summed E-state index contributed by atoms with van der Waals surface area (Å²) in [6, 6.07) is 10.9. The van der Waals surface area contributed by atoms with Crippen molar-refractivity contribution >= 4 is 0 Å². The Balaban J connectivity index is 1.59. The standard InChI is InChI=1S/C19H31N3/c1-18(2,20)14-22-12-10-19(16-22)9-6-11-21(15-19)13-17-7-4-3-5-8-17/h3-5,7-8H,6,9-16,20H2,1-2H3. The van der Waals surface area contributed by atoms with Gasteiger partial charge in [0, 0.05) is 31.7 Å². The predicted molar refractivity (Wildman–Crippen MR) is 92.7 cm³/mol. The van der Waals surface area contributed by atoms with Gasteiger partial charge in [0.15, 0.2) is 0 Å². The Morgan fingerprint density at radius 1 is 1.05 bits per heavy atom. The maximum atomic E-state index is 6.21. The number of likely N-dealkylation sites (tertiary alicyclic amines) is 2. The van der Waals surface area contributed by atoms with E-state index in [1.807, 2.05) is 0 Å². The molecule has 1 aromatic rings. The zero-order valence-corrected chi connectivity index (χ0v) is 14.2. The topological polar surface area (TPSA) is 32.5 Å². The number of nitrogens with zero attached hydrogens (tertiary/aromatic N) is 2. The van der Waals surface area contributed by atoms with Crippen LogP contribution in [-0.4, -0.2) is 48.1 Å². The number of hydrogen-bond donors (Lipinski definition) is 1. The molecule has 2 fully saturated rings. The highest BCUT2D eigenvalue weighted by Crippen LogP contribution is 2.39. The number of piperidine rings is 1. The average Bonchev–Trinajstić information content (AvgIpc) is 2.80. The lowest BCUT2D eigenvalue weighted by Crippen LogP contribution is -2.47. The summed E-state index contributed by atoms with van der Waals surface area (Å²) < 4.78 is 0. The third kappa shape index (κ3) is 4.09. The van der Waals surface area contributed by atoms with Crippen LogP contribution < -0.4 is 5.73 Å². The molecular formula is C19H31N3. The van der Waals surface area contributed by atoms with E-state index in [2.05, 4.69) is 54.0 Å². The largest absolute Gasteiger partial charge is 0.324 e. The van der Waals surface area contributed by atoms with Crippen molar-refractivity contribution in [3.05, 3.63) is 35.9 Å². The number of benzene rings is 1. The number of rotatable bonds is 4. The second-order valence-electron chi connectivity index (χ2n) is 8.25. The second-order valence-corrected chi connectivity index (χ2v) is 8.25. The van der Waals surface area contributed by atoms with Crippen molar-refractivity contribution in [2.45, 2.75) is 45.2 Å². The van der Waals surface area contributed by atoms with Gasteiger partial charge in [0.1, 0.15) is 0 Å². The van der Waals surface area contributed by atoms with Gasteiger partial charge in [-0.3, -0.25) is 4.90 Å². The lowest BCUT2D eigenvalue weighted by atomic mass is 9.79. The lowest BCUT2D eigenvalue weighted by molar-refractivity contribution is 0.0853. The van der Waals surface area contributed by atoms with Gasteiger partial charge < -0.3 is 10.6 Å². The van der Waals surface area contributed by atoms with Gasteiger partial charge in [-0.25, -0.2) is 0 Å². The molecule has 2 N–H and O–H groups in total. The molecule has 2 heterocycles. The Hall–Kier alpha value is -0.900. The highest BCUT2D eigenvalue weighted by atomic mass is 15.2. The Bertz CT molecular complexity index is 479. The Labute approximate surface area is 135 Å². The van der Waals surface area contributed by atoms with Gasteiger partial charge in [-0.15, -0.1) is 0 Å². The monoisotopic (exact) mass is 301 g/mol. The van der Waals surface area contributed by atoms with Crippen LogP contribution >= 0.6 is 0 Å². The van der Waals surface area contributed by atoms with E-state index in [1.165, 1.54) is 51.0 Å². The summed E-state index contributed by atoms with van der Waals surface area (Å²) in [5, 5.41) is 0. The van der Waals surface area contributed by atoms with Gasteiger partial charge in [0.25, 0.3) is 0 Å². The van der Waals surface area contributed by atoms with E-state index < -0.39 is 0 Å². The molecule has 3 rings (SSSR count). The van der Waals surface area contributed by atoms with E-state index in [4.69, 9.17) is 5.73 Å². The molecule has 0 radical (unpaired) electrons. The van der Waals surface area contributed by atoms with E-state index in [-0.39, 0.29) is 5.54 Å². The van der Waals surface area contributed by atoms with Crippen LogP contribution in [0, 0.1) is 5.41 Å². The van der Waals surface area contributed by atoms with Crippen LogP contribution in [0.4, 0.5) is 0 Å². The fraction of sp³-hybridized carbons (Fsp3) is 0.684. The fourth-order valence-corrected chi connectivity index (χ4v) is 4.36. The van der Waals surface area contributed by atoms with Crippen molar-refractivity contribution in [3.8, 4) is 0 Å². The minimum atomic E-state index is -0.0794. The van der Waals surface area contributed by atoms with E-state index in [1.54, 1.807) is 0 Å². The molecule has 1 unspecified atom stereocenters. The molecule has 3 heteroatoms. The second kappa shape index (κ2) is 6.31. The quantitative estimate of drug-likeness (QED) is 0.928. The summed E-state index contributed by atoms with van der Waals surface area (Å²) in [4.78, 5) is 5.25. The highest BCUT2D eigenvalue weighted by Gasteiger charge is 2.41. The van der Waals surface area contributed by atoms with Crippen LogP contribution in [0.2, 0.25) is 0 Å². The van der Waals surface area contributed by atoms with Crippen LogP contribution in [0.15, 0.2) is 30.3 Å². The third-order valence-corrected chi connectivity index (χ3v) is 5.14. The van der Waals surface area contributed by atoms with Crippen LogP contribution in [0.3, 0.4) is 0 Å². The Kier molecular flexibility index (Phi) is 4.58. The van der Waals surface area contributed by atoms with Crippen molar-refractivity contribution in [1.82, 2.24) is 9.80 Å². The smallest absolute Gasteiger partial charge is 0.0233 e. The SMILES string of the molecule is CC(C)(N)CN1CCC2(CCCN(Cc3ccccc3)C2)C1. The van der Waals surface area contributed by atoms with Crippen LogP contribution in [0.5, 0.6) is 0 Å². The molecule has 22 heavy (non-hydrogen) atoms. The molecule has 1 atom stereocenters. The minimum Gasteiger partial charge on any atom is -0.324 e. The van der Waals surface area contributed by atoms with Gasteiger partial charge in [-0.1, -0.05) is 30.3 Å². The maximum absolute atomic E-state index is 6.21. The van der Waals surface area contributed by atoms with Crippen molar-refractivity contribution in [2.75, 3.05) is 32.7 Å². The zero-order chi connectivity index (χ0) is 15.6. The van der Waals surface area contributed by atoms with Crippen LogP contribution in [0.1, 0.15) is 38.7 Å². The molecule has 2 aliphatic rings. The van der Waals surface area contributed by atoms with Gasteiger partial charge >= 0.3 is 0 Å². The molecule has 122 valence electrons. The zero-order valence-electron chi connectivity index (χ0n) is 14.2. The Morgan fingerprint density at radius 3 is 2.50 bits per heavy atom. The Morgan fingerprint density at radius 2 is 1.77 bits per heavy atom. The third-order valence-electron chi connectivity index (χ3n) is 5.14. The molecule has 2 saturated heterocycles. The highest BCUT2D eigenvalue weighted by molar-refractivity contribution is 5.14. The summed E-state index contributed by atoms with van der Waals surface area (Å²) in [5.74, 6) is 0. The van der Waals surface area contributed by atoms with Crippen molar-refractivity contribution in [2.24, 2.45) is 11.1 Å². The predicted octanol–water partition coefficient (Wildman–Crippen LogP) is 2.71. The molecule has 1 aromatic carbocycles. The number of hydrogen-bond acceptors (Lipinski definition) is 3. The van der Waals surface area contributed by atoms with Crippen molar-refractivity contribution in [3.63, 3.8) is 0 Å². The normalized spacial score (nSPS) is 27.6. The summed E-state index contributed by atoms with van der Waals surface area (Å²) >= 11 is 0.